The van der Waals surface area contributed by atoms with E-state index in [1.165, 1.54) is 16.7 Å². The maximum atomic E-state index is 13.0. The van der Waals surface area contributed by atoms with Gasteiger partial charge in [0.05, 0.1) is 17.9 Å². The van der Waals surface area contributed by atoms with Gasteiger partial charge in [-0.3, -0.25) is 14.5 Å². The van der Waals surface area contributed by atoms with E-state index in [0.29, 0.717) is 11.3 Å². The van der Waals surface area contributed by atoms with Gasteiger partial charge in [0.1, 0.15) is 36.5 Å². The minimum atomic E-state index is -1.44. The van der Waals surface area contributed by atoms with E-state index in [1.54, 1.807) is 12.3 Å². The van der Waals surface area contributed by atoms with Gasteiger partial charge in [-0.05, 0) is 19.1 Å². The van der Waals surface area contributed by atoms with Gasteiger partial charge >= 0.3 is 0 Å². The number of anilines is 1. The Bertz CT molecular complexity index is 1400. The lowest BCUT2D eigenvalue weighted by molar-refractivity contribution is -0.687. The van der Waals surface area contributed by atoms with Crippen molar-refractivity contribution in [2.75, 3.05) is 18.1 Å². The van der Waals surface area contributed by atoms with Crippen LogP contribution in [0.15, 0.2) is 58.7 Å². The van der Waals surface area contributed by atoms with Gasteiger partial charge in [0.2, 0.25) is 6.33 Å². The van der Waals surface area contributed by atoms with Crippen molar-refractivity contribution < 1.29 is 28.9 Å². The first-order valence-corrected chi connectivity index (χ1v) is 12.9. The van der Waals surface area contributed by atoms with Gasteiger partial charge in [0.25, 0.3) is 11.8 Å². The van der Waals surface area contributed by atoms with Crippen LogP contribution in [0.5, 0.6) is 0 Å². The largest absolute Gasteiger partial charge is 0.543 e. The van der Waals surface area contributed by atoms with Crippen molar-refractivity contribution >= 4 is 57.2 Å². The molecule has 3 aromatic heterocycles. The van der Waals surface area contributed by atoms with Crippen molar-refractivity contribution in [1.82, 2.24) is 19.6 Å². The summed E-state index contributed by atoms with van der Waals surface area (Å²) in [7, 11) is 0. The standard InChI is InChI=1S/C22H21N7O5S2/c1-2-34-26-15(14-10-36-22(23)24-14)18(30)25-16-19(31)29-17(21(32)33)12(9-35-20(16)29)7-27-8-13-5-3-4-6-28(13)11-27/h3-6,8,10-11,16,20H,2,7,9H2,1H3,(H3-,23,24,25,30,32,33)/b26-15+/t16-,20-/m1/s1. The minimum absolute atomic E-state index is 0.120. The summed E-state index contributed by atoms with van der Waals surface area (Å²) in [5, 5.41) is 19.8. The van der Waals surface area contributed by atoms with E-state index in [2.05, 4.69) is 15.5 Å². The van der Waals surface area contributed by atoms with Crippen molar-refractivity contribution in [3.63, 3.8) is 0 Å². The zero-order chi connectivity index (χ0) is 25.4. The second-order valence-corrected chi connectivity index (χ2v) is 9.97. The lowest BCUT2D eigenvalue weighted by Gasteiger charge is -2.50. The number of imidazole rings is 1. The molecule has 0 saturated carbocycles. The second kappa shape index (κ2) is 9.62. The minimum Gasteiger partial charge on any atom is -0.543 e. The number of carboxylic acids is 1. The van der Waals surface area contributed by atoms with Crippen LogP contribution in [-0.2, 0) is 25.8 Å². The number of carboxylic acid groups (broad SMARTS) is 1. The molecule has 0 aromatic carbocycles. The van der Waals surface area contributed by atoms with Crippen LogP contribution < -0.4 is 20.7 Å². The zero-order valence-corrected chi connectivity index (χ0v) is 20.6. The van der Waals surface area contributed by atoms with E-state index in [9.17, 15) is 19.5 Å². The molecule has 1 fully saturated rings. The van der Waals surface area contributed by atoms with Gasteiger partial charge in [0, 0.05) is 16.7 Å². The predicted molar refractivity (Wildman–Crippen MR) is 129 cm³/mol. The topological polar surface area (TPSA) is 158 Å². The number of hydrogen-bond donors (Lipinski definition) is 2. The quantitative estimate of drug-likeness (QED) is 0.165. The van der Waals surface area contributed by atoms with Crippen LogP contribution in [0.2, 0.25) is 0 Å². The molecular formula is C22H21N7O5S2. The fourth-order valence-corrected chi connectivity index (χ4v) is 5.97. The van der Waals surface area contributed by atoms with E-state index < -0.39 is 29.2 Å². The number of nitrogen functional groups attached to an aromatic ring is 1. The molecule has 0 bridgehead atoms. The number of rotatable bonds is 8. The van der Waals surface area contributed by atoms with Gasteiger partial charge in [-0.1, -0.05) is 11.2 Å². The first-order valence-electron chi connectivity index (χ1n) is 10.9. The monoisotopic (exact) mass is 527 g/mol. The Morgan fingerprint density at radius 3 is 2.94 bits per heavy atom. The maximum absolute atomic E-state index is 13.0. The molecule has 3 N–H and O–H groups in total. The van der Waals surface area contributed by atoms with Crippen LogP contribution in [0.1, 0.15) is 12.6 Å². The molecule has 0 radical (unpaired) electrons. The Balaban J connectivity index is 1.35. The Hall–Kier alpha value is -3.91. The lowest BCUT2D eigenvalue weighted by Crippen LogP contribution is -2.71. The number of amides is 2. The number of pyridine rings is 1. The SMILES string of the molecule is CCO/N=C(/C(=O)N[C@@H]1C(=O)N2C(C(=O)[O-])=C(C[n+]3cc4ccccn4c3)CS[C@H]12)c1csc(N)n1. The van der Waals surface area contributed by atoms with Crippen molar-refractivity contribution in [3.05, 3.63) is 59.3 Å². The van der Waals surface area contributed by atoms with Crippen LogP contribution in [0.3, 0.4) is 0 Å². The van der Waals surface area contributed by atoms with Crippen molar-refractivity contribution in [2.24, 2.45) is 5.16 Å². The highest BCUT2D eigenvalue weighted by Gasteiger charge is 2.53. The average molecular weight is 528 g/mol. The molecule has 0 unspecified atom stereocenters. The first kappa shape index (κ1) is 23.8. The lowest BCUT2D eigenvalue weighted by atomic mass is 10.0. The maximum Gasteiger partial charge on any atom is 0.276 e. The summed E-state index contributed by atoms with van der Waals surface area (Å²) in [6.45, 7) is 2.21. The van der Waals surface area contributed by atoms with Crippen molar-refractivity contribution in [1.29, 1.82) is 0 Å². The molecule has 12 nitrogen and oxygen atoms in total. The first-order chi connectivity index (χ1) is 17.4. The number of fused-ring (bicyclic) bond motifs is 2. The average Bonchev–Trinajstić information content (AvgIpc) is 3.47. The molecule has 1 saturated heterocycles. The third kappa shape index (κ3) is 4.28. The molecule has 3 aromatic rings. The molecule has 2 amide bonds. The van der Waals surface area contributed by atoms with E-state index in [-0.39, 0.29) is 35.4 Å². The molecule has 186 valence electrons. The number of oxime groups is 1. The highest BCUT2D eigenvalue weighted by Crippen LogP contribution is 2.40. The van der Waals surface area contributed by atoms with E-state index in [0.717, 1.165) is 16.9 Å². The summed E-state index contributed by atoms with van der Waals surface area (Å²) in [4.78, 5) is 48.3. The van der Waals surface area contributed by atoms with E-state index >= 15 is 0 Å². The fraction of sp³-hybridized carbons (Fsp3) is 0.273. The van der Waals surface area contributed by atoms with Crippen molar-refractivity contribution in [2.45, 2.75) is 24.9 Å². The molecule has 5 rings (SSSR count). The number of nitrogens with zero attached hydrogens (tertiary/aromatic N) is 5. The number of aromatic nitrogens is 3. The molecular weight excluding hydrogens is 506 g/mol. The third-order valence-corrected chi connectivity index (χ3v) is 7.67. The Morgan fingerprint density at radius 2 is 2.25 bits per heavy atom. The smallest absolute Gasteiger partial charge is 0.276 e. The Kier molecular flexibility index (Phi) is 6.36. The molecule has 0 aliphatic carbocycles. The number of carbonyl (C=O) groups excluding carboxylic acids is 3. The van der Waals surface area contributed by atoms with Gasteiger partial charge < -0.3 is 25.8 Å². The summed E-state index contributed by atoms with van der Waals surface area (Å²) >= 11 is 2.50. The molecule has 2 atom stereocenters. The van der Waals surface area contributed by atoms with Gasteiger partial charge in [0.15, 0.2) is 16.4 Å². The number of β-lactam (4-membered cyclic amide) rings is 1. The number of nitrogens with two attached hydrogens (primary N) is 1. The summed E-state index contributed by atoms with van der Waals surface area (Å²) in [5.74, 6) is -2.30. The number of carbonyl (C=O) groups is 3. The van der Waals surface area contributed by atoms with Crippen LogP contribution in [0.4, 0.5) is 5.13 Å². The van der Waals surface area contributed by atoms with E-state index in [4.69, 9.17) is 10.6 Å². The highest BCUT2D eigenvalue weighted by atomic mass is 32.2. The molecule has 36 heavy (non-hydrogen) atoms. The summed E-state index contributed by atoms with van der Waals surface area (Å²) in [5.41, 5.74) is 7.11. The normalized spacial score (nSPS) is 19.8. The van der Waals surface area contributed by atoms with Gasteiger partial charge in [-0.25, -0.2) is 14.0 Å². The number of nitrogens with one attached hydrogen (secondary N) is 1. The fourth-order valence-electron chi connectivity index (χ4n) is 4.09. The number of aliphatic carboxylic acids is 1. The zero-order valence-electron chi connectivity index (χ0n) is 19.0. The number of thioether (sulfide) groups is 1. The van der Waals surface area contributed by atoms with E-state index in [1.807, 2.05) is 45.9 Å². The van der Waals surface area contributed by atoms with Gasteiger partial charge in [-0.2, -0.15) is 0 Å². The van der Waals surface area contributed by atoms with Crippen LogP contribution >= 0.6 is 23.1 Å². The van der Waals surface area contributed by atoms with Gasteiger partial charge in [-0.15, -0.1) is 23.1 Å². The summed E-state index contributed by atoms with van der Waals surface area (Å²) < 4.78 is 3.77. The predicted octanol–water partition coefficient (Wildman–Crippen LogP) is -0.890. The highest BCUT2D eigenvalue weighted by molar-refractivity contribution is 8.00. The third-order valence-electron chi connectivity index (χ3n) is 5.66. The summed E-state index contributed by atoms with van der Waals surface area (Å²) in [6, 6.07) is 4.80. The second-order valence-electron chi connectivity index (χ2n) is 7.98. The number of hydrogen-bond acceptors (Lipinski definition) is 10. The summed E-state index contributed by atoms with van der Waals surface area (Å²) in [6.07, 6.45) is 5.63. The molecule has 2 aliphatic rings. The Labute approximate surface area is 213 Å². The molecule has 5 heterocycles. The van der Waals surface area contributed by atoms with Crippen LogP contribution in [-0.4, -0.2) is 61.6 Å². The molecule has 14 heteroatoms. The van der Waals surface area contributed by atoms with Crippen LogP contribution in [0, 0.1) is 0 Å². The molecule has 0 spiro atoms. The van der Waals surface area contributed by atoms with Crippen molar-refractivity contribution in [3.8, 4) is 0 Å². The number of thiazole rings is 1. The Morgan fingerprint density at radius 1 is 1.42 bits per heavy atom. The van der Waals surface area contributed by atoms with Crippen LogP contribution in [0.25, 0.3) is 5.52 Å². The molecule has 2 aliphatic heterocycles.